The monoisotopic (exact) mass is 375 g/mol. The van der Waals surface area contributed by atoms with Crippen LogP contribution < -0.4 is 0 Å². The second-order valence-electron chi connectivity index (χ2n) is 7.69. The zero-order chi connectivity index (χ0) is 18.6. The van der Waals surface area contributed by atoms with E-state index in [0.29, 0.717) is 44.9 Å². The molecule has 3 rings (SSSR count). The lowest BCUT2D eigenvalue weighted by molar-refractivity contribution is -0.141. The van der Waals surface area contributed by atoms with E-state index in [9.17, 15) is 9.90 Å². The first-order chi connectivity index (χ1) is 12.5. The van der Waals surface area contributed by atoms with Gasteiger partial charge in [0, 0.05) is 24.4 Å². The van der Waals surface area contributed by atoms with Gasteiger partial charge in [0.25, 0.3) is 0 Å². The molecule has 1 aromatic rings. The Labute approximate surface area is 160 Å². The molecule has 1 N–H and O–H groups in total. The first kappa shape index (κ1) is 19.3. The van der Waals surface area contributed by atoms with E-state index in [1.807, 2.05) is 22.2 Å². The van der Waals surface area contributed by atoms with Crippen LogP contribution in [0.25, 0.3) is 0 Å². The molecule has 2 fully saturated rings. The van der Waals surface area contributed by atoms with Crippen LogP contribution in [-0.4, -0.2) is 52.5 Å². The standard InChI is InChI=1S/C20H29N3O2S/c1-3-11-22(2)14-18-21-17(15-26-18)20(25)9-12-23(13-10-20)19(24)16-7-5-4-6-8-16/h1,15-16,25H,4-14H2,2H3. The van der Waals surface area contributed by atoms with E-state index in [1.165, 1.54) is 19.3 Å². The average Bonchev–Trinajstić information content (AvgIpc) is 3.12. The van der Waals surface area contributed by atoms with Gasteiger partial charge in [-0.05, 0) is 32.7 Å². The molecular formula is C20H29N3O2S. The summed E-state index contributed by atoms with van der Waals surface area (Å²) >= 11 is 1.56. The largest absolute Gasteiger partial charge is 0.383 e. The quantitative estimate of drug-likeness (QED) is 0.804. The molecule has 2 heterocycles. The molecule has 1 aromatic heterocycles. The maximum absolute atomic E-state index is 12.7. The normalized spacial score (nSPS) is 20.9. The molecule has 0 spiro atoms. The van der Waals surface area contributed by atoms with Gasteiger partial charge in [0.1, 0.15) is 10.6 Å². The second kappa shape index (κ2) is 8.51. The molecule has 2 aliphatic rings. The summed E-state index contributed by atoms with van der Waals surface area (Å²) in [6, 6.07) is 0. The number of carbonyl (C=O) groups is 1. The van der Waals surface area contributed by atoms with Crippen molar-refractivity contribution in [3.8, 4) is 12.3 Å². The number of thiazole rings is 1. The van der Waals surface area contributed by atoms with Crippen LogP contribution in [0.5, 0.6) is 0 Å². The molecule has 0 bridgehead atoms. The average molecular weight is 376 g/mol. The van der Waals surface area contributed by atoms with Crippen LogP contribution in [-0.2, 0) is 16.9 Å². The zero-order valence-electron chi connectivity index (χ0n) is 15.6. The lowest BCUT2D eigenvalue weighted by Crippen LogP contribution is -2.47. The summed E-state index contributed by atoms with van der Waals surface area (Å²) in [6.45, 7) is 2.51. The van der Waals surface area contributed by atoms with E-state index in [2.05, 4.69) is 10.9 Å². The molecule has 1 aliphatic heterocycles. The highest BCUT2D eigenvalue weighted by molar-refractivity contribution is 7.09. The zero-order valence-corrected chi connectivity index (χ0v) is 16.4. The number of aromatic nitrogens is 1. The second-order valence-corrected chi connectivity index (χ2v) is 8.64. The lowest BCUT2D eigenvalue weighted by atomic mass is 9.85. The number of amides is 1. The van der Waals surface area contributed by atoms with Gasteiger partial charge in [-0.15, -0.1) is 17.8 Å². The molecular weight excluding hydrogens is 346 g/mol. The maximum Gasteiger partial charge on any atom is 0.225 e. The minimum Gasteiger partial charge on any atom is -0.383 e. The number of likely N-dealkylation sites (tertiary alicyclic amines) is 1. The predicted molar refractivity (Wildman–Crippen MR) is 104 cm³/mol. The molecule has 26 heavy (non-hydrogen) atoms. The first-order valence-corrected chi connectivity index (χ1v) is 10.5. The Kier molecular flexibility index (Phi) is 6.33. The van der Waals surface area contributed by atoms with E-state index >= 15 is 0 Å². The Morgan fingerprint density at radius 3 is 2.77 bits per heavy atom. The van der Waals surface area contributed by atoms with Gasteiger partial charge in [0.2, 0.25) is 5.91 Å². The van der Waals surface area contributed by atoms with Crippen LogP contribution in [0.2, 0.25) is 0 Å². The van der Waals surface area contributed by atoms with Gasteiger partial charge in [0.15, 0.2) is 0 Å². The third-order valence-electron chi connectivity index (χ3n) is 5.65. The number of hydrogen-bond acceptors (Lipinski definition) is 5. The molecule has 0 aromatic carbocycles. The highest BCUT2D eigenvalue weighted by Gasteiger charge is 2.38. The third-order valence-corrected chi connectivity index (χ3v) is 6.49. The van der Waals surface area contributed by atoms with Crippen LogP contribution >= 0.6 is 11.3 Å². The van der Waals surface area contributed by atoms with Crippen molar-refractivity contribution in [3.63, 3.8) is 0 Å². The van der Waals surface area contributed by atoms with E-state index in [1.54, 1.807) is 11.3 Å². The SMILES string of the molecule is C#CCN(C)Cc1nc(C2(O)CCN(C(=O)C3CCCCC3)CC2)cs1. The number of aliphatic hydroxyl groups is 1. The Hall–Kier alpha value is -1.42. The molecule has 1 saturated heterocycles. The van der Waals surface area contributed by atoms with Gasteiger partial charge in [-0.1, -0.05) is 25.2 Å². The number of terminal acetylenes is 1. The molecule has 1 saturated carbocycles. The van der Waals surface area contributed by atoms with E-state index in [4.69, 9.17) is 6.42 Å². The topological polar surface area (TPSA) is 56.7 Å². The summed E-state index contributed by atoms with van der Waals surface area (Å²) < 4.78 is 0. The Morgan fingerprint density at radius 2 is 2.12 bits per heavy atom. The van der Waals surface area contributed by atoms with Crippen molar-refractivity contribution in [1.82, 2.24) is 14.8 Å². The first-order valence-electron chi connectivity index (χ1n) is 9.60. The molecule has 1 aliphatic carbocycles. The fourth-order valence-electron chi connectivity index (χ4n) is 4.00. The van der Waals surface area contributed by atoms with Gasteiger partial charge >= 0.3 is 0 Å². The summed E-state index contributed by atoms with van der Waals surface area (Å²) in [6.07, 6.45) is 12.1. The Morgan fingerprint density at radius 1 is 1.42 bits per heavy atom. The fourth-order valence-corrected chi connectivity index (χ4v) is 4.97. The van der Waals surface area contributed by atoms with Crippen LogP contribution in [0.3, 0.4) is 0 Å². The summed E-state index contributed by atoms with van der Waals surface area (Å²) in [5.74, 6) is 3.12. The number of piperidine rings is 1. The minimum atomic E-state index is -0.914. The molecule has 142 valence electrons. The number of carbonyl (C=O) groups excluding carboxylic acids is 1. The molecule has 0 atom stereocenters. The van der Waals surface area contributed by atoms with Gasteiger partial charge in [0.05, 0.1) is 18.8 Å². The molecule has 0 unspecified atom stereocenters. The van der Waals surface area contributed by atoms with Crippen molar-refractivity contribution in [3.05, 3.63) is 16.1 Å². The summed E-state index contributed by atoms with van der Waals surface area (Å²) in [5.41, 5.74) is -0.167. The van der Waals surface area contributed by atoms with Gasteiger partial charge in [-0.3, -0.25) is 9.69 Å². The summed E-state index contributed by atoms with van der Waals surface area (Å²) in [7, 11) is 1.96. The Balaban J connectivity index is 1.56. The predicted octanol–water partition coefficient (Wildman–Crippen LogP) is 2.60. The number of hydrogen-bond donors (Lipinski definition) is 1. The van der Waals surface area contributed by atoms with Crippen LogP contribution in [0.4, 0.5) is 0 Å². The molecule has 1 amide bonds. The molecule has 5 nitrogen and oxygen atoms in total. The van der Waals surface area contributed by atoms with Crippen molar-refractivity contribution in [2.24, 2.45) is 5.92 Å². The smallest absolute Gasteiger partial charge is 0.225 e. The van der Waals surface area contributed by atoms with E-state index in [0.717, 1.165) is 23.5 Å². The number of rotatable bonds is 5. The highest BCUT2D eigenvalue weighted by atomic mass is 32.1. The molecule has 6 heteroatoms. The van der Waals surface area contributed by atoms with Crippen molar-refractivity contribution >= 4 is 17.2 Å². The summed E-state index contributed by atoms with van der Waals surface area (Å²) in [5, 5.41) is 14.0. The fraction of sp³-hybridized carbons (Fsp3) is 0.700. The van der Waals surface area contributed by atoms with Crippen molar-refractivity contribution in [2.75, 3.05) is 26.7 Å². The van der Waals surface area contributed by atoms with E-state index in [-0.39, 0.29) is 5.92 Å². The van der Waals surface area contributed by atoms with Crippen molar-refractivity contribution in [1.29, 1.82) is 0 Å². The number of nitrogens with zero attached hydrogens (tertiary/aromatic N) is 3. The van der Waals surface area contributed by atoms with Crippen molar-refractivity contribution < 1.29 is 9.90 Å². The highest BCUT2D eigenvalue weighted by Crippen LogP contribution is 2.35. The molecule has 0 radical (unpaired) electrons. The lowest BCUT2D eigenvalue weighted by Gasteiger charge is -2.39. The maximum atomic E-state index is 12.7. The van der Waals surface area contributed by atoms with Gasteiger partial charge in [-0.2, -0.15) is 0 Å². The van der Waals surface area contributed by atoms with E-state index < -0.39 is 5.60 Å². The Bertz CT molecular complexity index is 652. The van der Waals surface area contributed by atoms with Gasteiger partial charge in [-0.25, -0.2) is 4.98 Å². The van der Waals surface area contributed by atoms with Gasteiger partial charge < -0.3 is 10.0 Å². The van der Waals surface area contributed by atoms with Crippen LogP contribution in [0.15, 0.2) is 5.38 Å². The minimum absolute atomic E-state index is 0.201. The van der Waals surface area contributed by atoms with Crippen molar-refractivity contribution in [2.45, 2.75) is 57.1 Å². The van der Waals surface area contributed by atoms with Crippen LogP contribution in [0, 0.1) is 18.3 Å². The summed E-state index contributed by atoms with van der Waals surface area (Å²) in [4.78, 5) is 21.3. The van der Waals surface area contributed by atoms with Crippen LogP contribution in [0.1, 0.15) is 55.6 Å². The third kappa shape index (κ3) is 4.46.